The zero-order chi connectivity index (χ0) is 15.5. The summed E-state index contributed by atoms with van der Waals surface area (Å²) in [4.78, 5) is 25.4. The molecule has 0 aromatic heterocycles. The predicted octanol–water partition coefficient (Wildman–Crippen LogP) is 3.44. The van der Waals surface area contributed by atoms with Crippen LogP contribution in [0.4, 0.5) is 0 Å². The van der Waals surface area contributed by atoms with E-state index >= 15 is 0 Å². The van der Waals surface area contributed by atoms with Crippen LogP contribution in [-0.2, 0) is 19.1 Å². The monoisotopic (exact) mass is 306 g/mol. The molecule has 1 spiro atoms. The smallest absolute Gasteiger partial charge is 0.315 e. The van der Waals surface area contributed by atoms with E-state index in [0.29, 0.717) is 12.8 Å². The van der Waals surface area contributed by atoms with E-state index < -0.39 is 11.2 Å². The Balaban J connectivity index is 1.71. The van der Waals surface area contributed by atoms with Crippen molar-refractivity contribution >= 4 is 11.9 Å². The summed E-state index contributed by atoms with van der Waals surface area (Å²) < 4.78 is 12.0. The van der Waals surface area contributed by atoms with Gasteiger partial charge in [0, 0.05) is 11.8 Å². The van der Waals surface area contributed by atoms with Gasteiger partial charge in [0.2, 0.25) is 0 Å². The average Bonchev–Trinajstić information content (AvgIpc) is 2.60. The van der Waals surface area contributed by atoms with Crippen LogP contribution in [0.5, 0.6) is 0 Å². The first kappa shape index (κ1) is 14.5. The Hall–Kier alpha value is -1.06. The minimum atomic E-state index is -0.937. The number of hydrogen-bond acceptors (Lipinski definition) is 4. The molecule has 0 radical (unpaired) electrons. The van der Waals surface area contributed by atoms with E-state index in [1.807, 2.05) is 13.8 Å². The number of carbonyl (C=O) groups is 2. The van der Waals surface area contributed by atoms with Gasteiger partial charge in [-0.1, -0.05) is 13.8 Å². The van der Waals surface area contributed by atoms with Gasteiger partial charge in [0.15, 0.2) is 0 Å². The van der Waals surface area contributed by atoms with E-state index in [1.165, 1.54) is 6.42 Å². The molecule has 4 bridgehead atoms. The van der Waals surface area contributed by atoms with E-state index in [-0.39, 0.29) is 30.2 Å². The minimum absolute atomic E-state index is 0.173. The Kier molecular flexibility index (Phi) is 3.11. The fraction of sp³-hybridized carbons (Fsp3) is 0.889. The number of rotatable bonds is 2. The maximum atomic E-state index is 12.9. The van der Waals surface area contributed by atoms with Crippen molar-refractivity contribution in [3.8, 4) is 0 Å². The predicted molar refractivity (Wildman–Crippen MR) is 79.6 cm³/mol. The molecule has 4 nitrogen and oxygen atoms in total. The molecule has 22 heavy (non-hydrogen) atoms. The molecule has 0 aromatic rings. The molecule has 0 aromatic carbocycles. The highest BCUT2D eigenvalue weighted by Gasteiger charge is 2.64. The summed E-state index contributed by atoms with van der Waals surface area (Å²) in [6.45, 7) is 3.93. The second-order valence-electron chi connectivity index (χ2n) is 8.05. The van der Waals surface area contributed by atoms with Crippen molar-refractivity contribution in [1.82, 2.24) is 0 Å². The highest BCUT2D eigenvalue weighted by molar-refractivity contribution is 5.85. The van der Waals surface area contributed by atoms with Crippen LogP contribution in [0.25, 0.3) is 0 Å². The van der Waals surface area contributed by atoms with Gasteiger partial charge >= 0.3 is 11.9 Å². The van der Waals surface area contributed by atoms with Crippen molar-refractivity contribution in [2.45, 2.75) is 71.0 Å². The van der Waals surface area contributed by atoms with Crippen LogP contribution in [-0.4, -0.2) is 17.7 Å². The lowest BCUT2D eigenvalue weighted by atomic mass is 9.53. The Labute approximate surface area is 131 Å². The molecule has 5 aliphatic rings. The molecule has 1 heterocycles. The third-order valence-electron chi connectivity index (χ3n) is 7.07. The van der Waals surface area contributed by atoms with Crippen molar-refractivity contribution in [2.75, 3.05) is 0 Å². The first-order chi connectivity index (χ1) is 10.5. The van der Waals surface area contributed by atoms with E-state index in [9.17, 15) is 9.59 Å². The second-order valence-corrected chi connectivity index (χ2v) is 8.05. The van der Waals surface area contributed by atoms with E-state index in [4.69, 9.17) is 9.47 Å². The topological polar surface area (TPSA) is 52.6 Å². The van der Waals surface area contributed by atoms with Crippen LogP contribution in [0, 0.1) is 29.1 Å². The normalized spacial score (nSPS) is 45.5. The SMILES string of the molecule is CCC1(CC)CC(=O)OC2(OC1=O)C1CC3CC(C1)CC2C3. The standard InChI is InChI=1S/C18H26O4/c1-3-17(4-2)10-15(19)21-18(22-16(17)20)13-6-11-5-12(8-13)9-14(18)7-11/h11-14H,3-10H2,1-2H3. The molecule has 0 amide bonds. The maximum Gasteiger partial charge on any atom is 0.315 e. The van der Waals surface area contributed by atoms with Gasteiger partial charge in [-0.15, -0.1) is 0 Å². The molecule has 0 atom stereocenters. The Bertz CT molecular complexity index is 477. The minimum Gasteiger partial charge on any atom is -0.422 e. The number of esters is 2. The van der Waals surface area contributed by atoms with Gasteiger partial charge in [0.1, 0.15) is 0 Å². The van der Waals surface area contributed by atoms with Crippen LogP contribution in [0.3, 0.4) is 0 Å². The molecule has 4 heteroatoms. The largest absolute Gasteiger partial charge is 0.422 e. The van der Waals surface area contributed by atoms with Gasteiger partial charge in [-0.2, -0.15) is 0 Å². The van der Waals surface area contributed by atoms with Crippen LogP contribution in [0.1, 0.15) is 65.2 Å². The molecular formula is C18H26O4. The van der Waals surface area contributed by atoms with Gasteiger partial charge in [0.25, 0.3) is 5.79 Å². The van der Waals surface area contributed by atoms with Gasteiger partial charge in [0.05, 0.1) is 11.8 Å². The van der Waals surface area contributed by atoms with Crippen molar-refractivity contribution in [1.29, 1.82) is 0 Å². The van der Waals surface area contributed by atoms with Crippen molar-refractivity contribution in [3.63, 3.8) is 0 Å². The molecule has 5 fully saturated rings. The first-order valence-electron chi connectivity index (χ1n) is 8.96. The van der Waals surface area contributed by atoms with Crippen molar-refractivity contribution in [2.24, 2.45) is 29.1 Å². The fourth-order valence-electron chi connectivity index (χ4n) is 5.80. The molecule has 5 rings (SSSR count). The lowest BCUT2D eigenvalue weighted by Crippen LogP contribution is -2.61. The van der Waals surface area contributed by atoms with Gasteiger partial charge in [-0.25, -0.2) is 0 Å². The highest BCUT2D eigenvalue weighted by Crippen LogP contribution is 2.61. The quantitative estimate of drug-likeness (QED) is 0.733. The molecule has 122 valence electrons. The highest BCUT2D eigenvalue weighted by atomic mass is 16.7. The summed E-state index contributed by atoms with van der Waals surface area (Å²) in [6.07, 6.45) is 6.98. The molecule has 4 saturated carbocycles. The Morgan fingerprint density at radius 1 is 0.909 bits per heavy atom. The summed E-state index contributed by atoms with van der Waals surface area (Å²) in [5, 5.41) is 0. The third kappa shape index (κ3) is 1.82. The zero-order valence-electron chi connectivity index (χ0n) is 13.6. The average molecular weight is 306 g/mol. The van der Waals surface area contributed by atoms with Crippen LogP contribution in [0.2, 0.25) is 0 Å². The lowest BCUT2D eigenvalue weighted by Gasteiger charge is -2.58. The van der Waals surface area contributed by atoms with Crippen molar-refractivity contribution in [3.05, 3.63) is 0 Å². The van der Waals surface area contributed by atoms with Gasteiger partial charge in [-0.3, -0.25) is 9.59 Å². The molecular weight excluding hydrogens is 280 g/mol. The first-order valence-corrected chi connectivity index (χ1v) is 8.96. The van der Waals surface area contributed by atoms with Crippen molar-refractivity contribution < 1.29 is 19.1 Å². The fourth-order valence-corrected chi connectivity index (χ4v) is 5.80. The summed E-state index contributed by atoms with van der Waals surface area (Å²) in [5.74, 6) is 0.570. The summed E-state index contributed by atoms with van der Waals surface area (Å²) in [6, 6.07) is 0. The molecule has 1 aliphatic heterocycles. The summed E-state index contributed by atoms with van der Waals surface area (Å²) in [7, 11) is 0. The van der Waals surface area contributed by atoms with E-state index in [0.717, 1.165) is 37.5 Å². The van der Waals surface area contributed by atoms with Crippen LogP contribution < -0.4 is 0 Å². The van der Waals surface area contributed by atoms with E-state index in [1.54, 1.807) is 0 Å². The van der Waals surface area contributed by atoms with E-state index in [2.05, 4.69) is 0 Å². The molecule has 0 unspecified atom stereocenters. The molecule has 4 aliphatic carbocycles. The summed E-state index contributed by atoms with van der Waals surface area (Å²) >= 11 is 0. The maximum absolute atomic E-state index is 12.9. The van der Waals surface area contributed by atoms with Gasteiger partial charge in [-0.05, 0) is 56.8 Å². The van der Waals surface area contributed by atoms with Gasteiger partial charge < -0.3 is 9.47 Å². The number of carbonyl (C=O) groups excluding carboxylic acids is 2. The zero-order valence-corrected chi connectivity index (χ0v) is 13.6. The van der Waals surface area contributed by atoms with Crippen LogP contribution in [0.15, 0.2) is 0 Å². The second kappa shape index (κ2) is 4.72. The van der Waals surface area contributed by atoms with Crippen LogP contribution >= 0.6 is 0 Å². The molecule has 1 saturated heterocycles. The Morgan fingerprint density at radius 2 is 1.45 bits per heavy atom. The lowest BCUT2D eigenvalue weighted by molar-refractivity contribution is -0.306. The number of ether oxygens (including phenoxy) is 2. The number of hydrogen-bond donors (Lipinski definition) is 0. The Morgan fingerprint density at radius 3 is 1.95 bits per heavy atom. The third-order valence-corrected chi connectivity index (χ3v) is 7.07. The molecule has 0 N–H and O–H groups in total. The summed E-state index contributed by atoms with van der Waals surface area (Å²) in [5.41, 5.74) is -0.685.